The Balaban J connectivity index is 1.69. The van der Waals surface area contributed by atoms with E-state index in [1.54, 1.807) is 0 Å². The SMILES string of the molecule is Cc1ccccc1[C@H](C)NC(=O)CN1Cc2ccccc2C[C@@H]1C(N)=O. The fraction of sp³-hybridized carbons (Fsp3) is 0.333. The van der Waals surface area contributed by atoms with Crippen LogP contribution >= 0.6 is 0 Å². The van der Waals surface area contributed by atoms with E-state index in [9.17, 15) is 9.59 Å². The van der Waals surface area contributed by atoms with E-state index in [1.807, 2.05) is 67.3 Å². The largest absolute Gasteiger partial charge is 0.368 e. The van der Waals surface area contributed by atoms with Gasteiger partial charge in [0.05, 0.1) is 18.6 Å². The molecule has 0 fully saturated rings. The first-order valence-corrected chi connectivity index (χ1v) is 8.90. The highest BCUT2D eigenvalue weighted by molar-refractivity contribution is 5.83. The van der Waals surface area contributed by atoms with Crippen LogP contribution in [0.5, 0.6) is 0 Å². The summed E-state index contributed by atoms with van der Waals surface area (Å²) >= 11 is 0. The summed E-state index contributed by atoms with van der Waals surface area (Å²) in [4.78, 5) is 26.3. The molecule has 2 aromatic carbocycles. The molecular formula is C21H25N3O2. The smallest absolute Gasteiger partial charge is 0.235 e. The minimum atomic E-state index is -0.454. The first-order chi connectivity index (χ1) is 12.5. The second-order valence-electron chi connectivity index (χ2n) is 6.94. The molecule has 26 heavy (non-hydrogen) atoms. The van der Waals surface area contributed by atoms with E-state index in [2.05, 4.69) is 5.32 Å². The maximum Gasteiger partial charge on any atom is 0.235 e. The Labute approximate surface area is 154 Å². The summed E-state index contributed by atoms with van der Waals surface area (Å²) in [6.07, 6.45) is 0.548. The minimum Gasteiger partial charge on any atom is -0.368 e. The molecule has 5 heteroatoms. The Hall–Kier alpha value is -2.66. The minimum absolute atomic E-state index is 0.0900. The van der Waals surface area contributed by atoms with E-state index in [-0.39, 0.29) is 24.4 Å². The van der Waals surface area contributed by atoms with Crippen molar-refractivity contribution in [3.63, 3.8) is 0 Å². The normalized spacial score (nSPS) is 18.0. The zero-order valence-corrected chi connectivity index (χ0v) is 15.2. The topological polar surface area (TPSA) is 75.4 Å². The van der Waals surface area contributed by atoms with Crippen LogP contribution < -0.4 is 11.1 Å². The van der Waals surface area contributed by atoms with Gasteiger partial charge >= 0.3 is 0 Å². The summed E-state index contributed by atoms with van der Waals surface area (Å²) in [7, 11) is 0. The Morgan fingerprint density at radius 2 is 1.81 bits per heavy atom. The lowest BCUT2D eigenvalue weighted by molar-refractivity contribution is -0.127. The molecule has 1 aliphatic rings. The van der Waals surface area contributed by atoms with Crippen LogP contribution in [0.3, 0.4) is 0 Å². The summed E-state index contributed by atoms with van der Waals surface area (Å²) in [6.45, 7) is 4.70. The quantitative estimate of drug-likeness (QED) is 0.866. The van der Waals surface area contributed by atoms with Crippen LogP contribution in [0.1, 0.15) is 35.2 Å². The number of rotatable bonds is 5. The van der Waals surface area contributed by atoms with Crippen molar-refractivity contribution in [1.82, 2.24) is 10.2 Å². The monoisotopic (exact) mass is 351 g/mol. The van der Waals surface area contributed by atoms with Crippen LogP contribution in [0, 0.1) is 6.92 Å². The van der Waals surface area contributed by atoms with Crippen LogP contribution in [-0.2, 0) is 22.6 Å². The van der Waals surface area contributed by atoms with Gasteiger partial charge in [0.15, 0.2) is 0 Å². The highest BCUT2D eigenvalue weighted by Crippen LogP contribution is 2.23. The fourth-order valence-corrected chi connectivity index (χ4v) is 3.65. The van der Waals surface area contributed by atoms with E-state index in [0.717, 1.165) is 22.3 Å². The zero-order chi connectivity index (χ0) is 18.7. The molecule has 0 radical (unpaired) electrons. The predicted molar refractivity (Wildman–Crippen MR) is 101 cm³/mol. The summed E-state index contributed by atoms with van der Waals surface area (Å²) in [5.74, 6) is -0.495. The van der Waals surface area contributed by atoms with Crippen LogP contribution in [0.15, 0.2) is 48.5 Å². The Kier molecular flexibility index (Phi) is 5.38. The van der Waals surface area contributed by atoms with E-state index < -0.39 is 6.04 Å². The Bertz CT molecular complexity index is 818. The molecule has 136 valence electrons. The van der Waals surface area contributed by atoms with Gasteiger partial charge in [0.25, 0.3) is 0 Å². The van der Waals surface area contributed by atoms with E-state index in [0.29, 0.717) is 13.0 Å². The highest BCUT2D eigenvalue weighted by Gasteiger charge is 2.31. The number of nitrogens with two attached hydrogens (primary N) is 1. The van der Waals surface area contributed by atoms with Gasteiger partial charge in [-0.2, -0.15) is 0 Å². The van der Waals surface area contributed by atoms with Gasteiger partial charge in [0, 0.05) is 6.54 Å². The molecule has 2 amide bonds. The van der Waals surface area contributed by atoms with Crippen molar-refractivity contribution in [2.24, 2.45) is 5.73 Å². The summed E-state index contributed by atoms with van der Waals surface area (Å²) < 4.78 is 0. The number of hydrogen-bond donors (Lipinski definition) is 2. The van der Waals surface area contributed by atoms with Crippen molar-refractivity contribution < 1.29 is 9.59 Å². The number of carbonyl (C=O) groups excluding carboxylic acids is 2. The molecule has 3 N–H and O–H groups in total. The van der Waals surface area contributed by atoms with Gasteiger partial charge in [0.1, 0.15) is 0 Å². The number of fused-ring (bicyclic) bond motifs is 1. The third kappa shape index (κ3) is 3.94. The second kappa shape index (κ2) is 7.70. The predicted octanol–water partition coefficient (Wildman–Crippen LogP) is 2.08. The van der Waals surface area contributed by atoms with Gasteiger partial charge in [-0.05, 0) is 42.5 Å². The third-order valence-electron chi connectivity index (χ3n) is 5.05. The number of carbonyl (C=O) groups is 2. The molecule has 0 aliphatic carbocycles. The van der Waals surface area contributed by atoms with Gasteiger partial charge in [0.2, 0.25) is 11.8 Å². The van der Waals surface area contributed by atoms with Crippen molar-refractivity contribution in [3.05, 3.63) is 70.8 Å². The van der Waals surface area contributed by atoms with E-state index in [4.69, 9.17) is 5.73 Å². The first kappa shape index (κ1) is 18.1. The van der Waals surface area contributed by atoms with Crippen molar-refractivity contribution >= 4 is 11.8 Å². The molecule has 0 aromatic heterocycles. The maximum absolute atomic E-state index is 12.6. The van der Waals surface area contributed by atoms with Gasteiger partial charge < -0.3 is 11.1 Å². The highest BCUT2D eigenvalue weighted by atomic mass is 16.2. The van der Waals surface area contributed by atoms with E-state index >= 15 is 0 Å². The average molecular weight is 351 g/mol. The summed E-state index contributed by atoms with van der Waals surface area (Å²) in [5.41, 5.74) is 10.1. The molecule has 5 nitrogen and oxygen atoms in total. The van der Waals surface area contributed by atoms with Crippen molar-refractivity contribution in [2.45, 2.75) is 38.9 Å². The number of hydrogen-bond acceptors (Lipinski definition) is 3. The van der Waals surface area contributed by atoms with Crippen LogP contribution in [0.25, 0.3) is 0 Å². The summed E-state index contributed by atoms with van der Waals surface area (Å²) in [6, 6.07) is 15.4. The fourth-order valence-electron chi connectivity index (χ4n) is 3.65. The standard InChI is InChI=1S/C21H25N3O2/c1-14-7-3-6-10-18(14)15(2)23-20(25)13-24-12-17-9-5-4-8-16(17)11-19(24)21(22)26/h3-10,15,19H,11-13H2,1-2H3,(H2,22,26)(H,23,25)/t15-,19+/m0/s1. The molecule has 2 atom stereocenters. The number of nitrogens with one attached hydrogen (secondary N) is 1. The molecule has 1 heterocycles. The lowest BCUT2D eigenvalue weighted by Crippen LogP contribution is -2.51. The van der Waals surface area contributed by atoms with Crippen LogP contribution in [-0.4, -0.2) is 29.3 Å². The maximum atomic E-state index is 12.6. The number of aryl methyl sites for hydroxylation is 1. The van der Waals surface area contributed by atoms with Crippen molar-refractivity contribution in [2.75, 3.05) is 6.54 Å². The number of primary amides is 1. The zero-order valence-electron chi connectivity index (χ0n) is 15.2. The van der Waals surface area contributed by atoms with Gasteiger partial charge in [-0.1, -0.05) is 48.5 Å². The van der Waals surface area contributed by atoms with Crippen molar-refractivity contribution in [3.8, 4) is 0 Å². The first-order valence-electron chi connectivity index (χ1n) is 8.90. The molecule has 0 spiro atoms. The number of benzene rings is 2. The van der Waals surface area contributed by atoms with Gasteiger partial charge in [-0.15, -0.1) is 0 Å². The average Bonchev–Trinajstić information content (AvgIpc) is 2.61. The molecule has 0 unspecified atom stereocenters. The molecule has 0 saturated carbocycles. The molecule has 3 rings (SSSR count). The van der Waals surface area contributed by atoms with Gasteiger partial charge in [-0.3, -0.25) is 14.5 Å². The third-order valence-corrected chi connectivity index (χ3v) is 5.05. The molecular weight excluding hydrogens is 326 g/mol. The Morgan fingerprint density at radius 1 is 1.15 bits per heavy atom. The molecule has 0 saturated heterocycles. The molecule has 0 bridgehead atoms. The van der Waals surface area contributed by atoms with Gasteiger partial charge in [-0.25, -0.2) is 0 Å². The second-order valence-corrected chi connectivity index (χ2v) is 6.94. The lowest BCUT2D eigenvalue weighted by Gasteiger charge is -2.34. The number of nitrogens with zero attached hydrogens (tertiary/aromatic N) is 1. The van der Waals surface area contributed by atoms with Crippen molar-refractivity contribution in [1.29, 1.82) is 0 Å². The Morgan fingerprint density at radius 3 is 2.50 bits per heavy atom. The summed E-state index contributed by atoms with van der Waals surface area (Å²) in [5, 5.41) is 3.04. The molecule has 2 aromatic rings. The number of amides is 2. The van der Waals surface area contributed by atoms with E-state index in [1.165, 1.54) is 0 Å². The van der Waals surface area contributed by atoms with Crippen LogP contribution in [0.4, 0.5) is 0 Å². The molecule has 1 aliphatic heterocycles. The lowest BCUT2D eigenvalue weighted by atomic mass is 9.93. The van der Waals surface area contributed by atoms with Crippen LogP contribution in [0.2, 0.25) is 0 Å².